The molecule has 0 saturated heterocycles. The summed E-state index contributed by atoms with van der Waals surface area (Å²) in [4.78, 5) is 0. The number of para-hydroxylation sites is 1. The summed E-state index contributed by atoms with van der Waals surface area (Å²) in [5.41, 5.74) is 2.80. The normalized spacial score (nSPS) is 13.0. The molecule has 3 nitrogen and oxygen atoms in total. The maximum Gasteiger partial charge on any atom is 0.0841 e. The molecular weight excluding hydrogens is 258 g/mol. The second-order valence-electron chi connectivity index (χ2n) is 7.75. The van der Waals surface area contributed by atoms with Crippen molar-refractivity contribution in [3.05, 3.63) is 30.0 Å². The average Bonchev–Trinajstić information content (AvgIpc) is 2.72. The molecule has 21 heavy (non-hydrogen) atoms. The van der Waals surface area contributed by atoms with Crippen molar-refractivity contribution >= 4 is 10.9 Å². The summed E-state index contributed by atoms with van der Waals surface area (Å²) >= 11 is 0. The van der Waals surface area contributed by atoms with Crippen LogP contribution in [0.3, 0.4) is 0 Å². The Morgan fingerprint density at radius 2 is 1.76 bits per heavy atom. The lowest BCUT2D eigenvalue weighted by Gasteiger charge is -2.33. The summed E-state index contributed by atoms with van der Waals surface area (Å²) in [6, 6.07) is 8.49. The van der Waals surface area contributed by atoms with Crippen LogP contribution in [0.2, 0.25) is 0 Å². The third-order valence-electron chi connectivity index (χ3n) is 3.74. The molecule has 0 radical (unpaired) electrons. The Morgan fingerprint density at radius 3 is 2.38 bits per heavy atom. The Hall–Kier alpha value is -1.35. The fourth-order valence-corrected chi connectivity index (χ4v) is 3.28. The highest BCUT2D eigenvalue weighted by Gasteiger charge is 2.25. The van der Waals surface area contributed by atoms with Gasteiger partial charge in [-0.15, -0.1) is 0 Å². The average molecular weight is 287 g/mol. The first-order valence-electron chi connectivity index (χ1n) is 7.91. The van der Waals surface area contributed by atoms with Crippen LogP contribution in [0.4, 0.5) is 0 Å². The minimum atomic E-state index is 0.106. The quantitative estimate of drug-likeness (QED) is 0.885. The number of fused-ring (bicyclic) bond motifs is 1. The Labute approximate surface area is 128 Å². The first-order chi connectivity index (χ1) is 9.72. The number of aromatic nitrogens is 2. The number of hydrogen-bond acceptors (Lipinski definition) is 2. The number of hydrogen-bond donors (Lipinski definition) is 1. The van der Waals surface area contributed by atoms with Crippen LogP contribution in [0.25, 0.3) is 10.9 Å². The standard InChI is InChI=1S/C18H29N3/c1-7-21-16-11-9-8-10-14(16)15(20-21)12-19-18(5,6)13-17(2,3)4/h8-11,19H,7,12-13H2,1-6H3. The summed E-state index contributed by atoms with van der Waals surface area (Å²) in [7, 11) is 0. The van der Waals surface area contributed by atoms with Crippen LogP contribution < -0.4 is 5.32 Å². The molecule has 0 aliphatic heterocycles. The molecule has 0 unspecified atom stereocenters. The van der Waals surface area contributed by atoms with Gasteiger partial charge in [-0.2, -0.15) is 5.10 Å². The van der Waals surface area contributed by atoms with Crippen molar-refractivity contribution in [3.63, 3.8) is 0 Å². The number of nitrogens with one attached hydrogen (secondary N) is 1. The summed E-state index contributed by atoms with van der Waals surface area (Å²) in [5, 5.41) is 9.71. The van der Waals surface area contributed by atoms with E-state index in [0.29, 0.717) is 5.41 Å². The molecule has 3 heteroatoms. The van der Waals surface area contributed by atoms with E-state index in [9.17, 15) is 0 Å². The maximum atomic E-state index is 4.76. The number of benzene rings is 1. The van der Waals surface area contributed by atoms with Gasteiger partial charge >= 0.3 is 0 Å². The van der Waals surface area contributed by atoms with E-state index in [4.69, 9.17) is 5.10 Å². The predicted molar refractivity (Wildman–Crippen MR) is 90.4 cm³/mol. The van der Waals surface area contributed by atoms with Crippen molar-refractivity contribution in [2.75, 3.05) is 0 Å². The van der Waals surface area contributed by atoms with E-state index in [1.54, 1.807) is 0 Å². The van der Waals surface area contributed by atoms with Gasteiger partial charge in [-0.1, -0.05) is 39.0 Å². The number of rotatable bonds is 5. The highest BCUT2D eigenvalue weighted by Crippen LogP contribution is 2.27. The van der Waals surface area contributed by atoms with Gasteiger partial charge in [0.05, 0.1) is 11.2 Å². The third-order valence-corrected chi connectivity index (χ3v) is 3.74. The molecule has 0 saturated carbocycles. The van der Waals surface area contributed by atoms with Crippen molar-refractivity contribution in [2.45, 2.75) is 66.6 Å². The lowest BCUT2D eigenvalue weighted by Crippen LogP contribution is -2.42. The van der Waals surface area contributed by atoms with E-state index in [2.05, 4.69) is 75.8 Å². The van der Waals surface area contributed by atoms with Gasteiger partial charge in [0.2, 0.25) is 0 Å². The zero-order chi connectivity index (χ0) is 15.7. The summed E-state index contributed by atoms with van der Waals surface area (Å²) in [6.07, 6.45) is 1.13. The van der Waals surface area contributed by atoms with Gasteiger partial charge in [-0.05, 0) is 38.7 Å². The molecule has 0 aliphatic carbocycles. The molecular formula is C18H29N3. The van der Waals surface area contributed by atoms with Gasteiger partial charge in [-0.25, -0.2) is 0 Å². The number of nitrogens with zero attached hydrogens (tertiary/aromatic N) is 2. The van der Waals surface area contributed by atoms with Gasteiger partial charge < -0.3 is 5.32 Å². The molecule has 116 valence electrons. The van der Waals surface area contributed by atoms with Crippen molar-refractivity contribution < 1.29 is 0 Å². The lowest BCUT2D eigenvalue weighted by molar-refractivity contribution is 0.240. The molecule has 2 rings (SSSR count). The van der Waals surface area contributed by atoms with Crippen molar-refractivity contribution in [2.24, 2.45) is 5.41 Å². The van der Waals surface area contributed by atoms with Gasteiger partial charge in [-0.3, -0.25) is 4.68 Å². The van der Waals surface area contributed by atoms with Crippen LogP contribution in [0.1, 0.15) is 53.7 Å². The summed E-state index contributed by atoms with van der Waals surface area (Å²) in [6.45, 7) is 15.3. The molecule has 1 aromatic carbocycles. The largest absolute Gasteiger partial charge is 0.306 e. The first kappa shape index (κ1) is 16.0. The molecule has 1 heterocycles. The van der Waals surface area contributed by atoms with E-state index in [-0.39, 0.29) is 5.54 Å². The SMILES string of the molecule is CCn1nc(CNC(C)(C)CC(C)(C)C)c2ccccc21. The Bertz CT molecular complexity index is 602. The van der Waals surface area contributed by atoms with Crippen LogP contribution in [-0.2, 0) is 13.1 Å². The molecule has 0 atom stereocenters. The van der Waals surface area contributed by atoms with Gasteiger partial charge in [0.25, 0.3) is 0 Å². The molecule has 0 spiro atoms. The molecule has 0 fully saturated rings. The second kappa shape index (κ2) is 5.80. The molecule has 0 bridgehead atoms. The van der Waals surface area contributed by atoms with Gasteiger partial charge in [0.15, 0.2) is 0 Å². The fourth-order valence-electron chi connectivity index (χ4n) is 3.28. The van der Waals surface area contributed by atoms with Crippen LogP contribution in [0, 0.1) is 5.41 Å². The predicted octanol–water partition coefficient (Wildman–Crippen LogP) is 4.36. The Balaban J connectivity index is 2.17. The topological polar surface area (TPSA) is 29.9 Å². The monoisotopic (exact) mass is 287 g/mol. The molecule has 1 N–H and O–H groups in total. The molecule has 1 aromatic heterocycles. The smallest absolute Gasteiger partial charge is 0.0841 e. The highest BCUT2D eigenvalue weighted by atomic mass is 15.3. The highest BCUT2D eigenvalue weighted by molar-refractivity contribution is 5.81. The summed E-state index contributed by atoms with van der Waals surface area (Å²) < 4.78 is 2.09. The zero-order valence-electron chi connectivity index (χ0n) is 14.3. The Morgan fingerprint density at radius 1 is 1.10 bits per heavy atom. The Kier molecular flexibility index (Phi) is 4.43. The van der Waals surface area contributed by atoms with E-state index in [1.807, 2.05) is 0 Å². The minimum Gasteiger partial charge on any atom is -0.306 e. The van der Waals surface area contributed by atoms with Crippen LogP contribution in [0.5, 0.6) is 0 Å². The van der Waals surface area contributed by atoms with Gasteiger partial charge in [0, 0.05) is 24.0 Å². The lowest BCUT2D eigenvalue weighted by atomic mass is 9.82. The van der Waals surface area contributed by atoms with Crippen molar-refractivity contribution in [3.8, 4) is 0 Å². The maximum absolute atomic E-state index is 4.76. The first-order valence-corrected chi connectivity index (χ1v) is 7.91. The van der Waals surface area contributed by atoms with Gasteiger partial charge in [0.1, 0.15) is 0 Å². The molecule has 0 amide bonds. The van der Waals surface area contributed by atoms with Crippen molar-refractivity contribution in [1.82, 2.24) is 15.1 Å². The van der Waals surface area contributed by atoms with Crippen molar-refractivity contribution in [1.29, 1.82) is 0 Å². The van der Waals surface area contributed by atoms with Crippen LogP contribution >= 0.6 is 0 Å². The van der Waals surface area contributed by atoms with E-state index < -0.39 is 0 Å². The summed E-state index contributed by atoms with van der Waals surface area (Å²) in [5.74, 6) is 0. The molecule has 0 aliphatic rings. The third kappa shape index (κ3) is 4.07. The fraction of sp³-hybridized carbons (Fsp3) is 0.611. The minimum absolute atomic E-state index is 0.106. The number of aryl methyl sites for hydroxylation is 1. The van der Waals surface area contributed by atoms with E-state index >= 15 is 0 Å². The van der Waals surface area contributed by atoms with E-state index in [0.717, 1.165) is 25.2 Å². The molecule has 2 aromatic rings. The van der Waals surface area contributed by atoms with Crippen LogP contribution in [0.15, 0.2) is 24.3 Å². The van der Waals surface area contributed by atoms with Crippen LogP contribution in [-0.4, -0.2) is 15.3 Å². The second-order valence-corrected chi connectivity index (χ2v) is 7.75. The van der Waals surface area contributed by atoms with E-state index in [1.165, 1.54) is 10.9 Å². The zero-order valence-corrected chi connectivity index (χ0v) is 14.3.